The minimum atomic E-state index is -0.504. The lowest BCUT2D eigenvalue weighted by atomic mass is 10.2. The van der Waals surface area contributed by atoms with Crippen LogP contribution in [0.4, 0.5) is 0 Å². The third-order valence-corrected chi connectivity index (χ3v) is 2.48. The molecule has 0 bridgehead atoms. The molecule has 7 nitrogen and oxygen atoms in total. The van der Waals surface area contributed by atoms with Gasteiger partial charge in [0.15, 0.2) is 5.69 Å². The summed E-state index contributed by atoms with van der Waals surface area (Å²) in [6, 6.07) is 0. The molecule has 0 aliphatic carbocycles. The molecule has 1 aromatic rings. The van der Waals surface area contributed by atoms with Gasteiger partial charge in [0.05, 0.1) is 19.3 Å². The Morgan fingerprint density at radius 1 is 1.39 bits per heavy atom. The van der Waals surface area contributed by atoms with Crippen molar-refractivity contribution >= 4 is 11.9 Å². The second-order valence-electron chi connectivity index (χ2n) is 3.66. The summed E-state index contributed by atoms with van der Waals surface area (Å²) in [5.74, 6) is -0.550. The van der Waals surface area contributed by atoms with E-state index in [1.54, 1.807) is 4.68 Å². The minimum Gasteiger partial charge on any atom is -0.464 e. The van der Waals surface area contributed by atoms with Gasteiger partial charge < -0.3 is 10.1 Å². The van der Waals surface area contributed by atoms with Gasteiger partial charge in [-0.15, -0.1) is 5.10 Å². The van der Waals surface area contributed by atoms with Crippen LogP contribution in [0, 0.1) is 0 Å². The van der Waals surface area contributed by atoms with Crippen LogP contribution in [-0.4, -0.2) is 40.5 Å². The standard InChI is InChI=1S/C11H18N4O3/c1-4-8-10(11(17)18-3)13-14-15(8)7-6-9(16)12-5-2/h4-7H2,1-3H3,(H,12,16). The molecule has 0 saturated heterocycles. The fourth-order valence-corrected chi connectivity index (χ4v) is 1.61. The summed E-state index contributed by atoms with van der Waals surface area (Å²) in [6.07, 6.45) is 0.914. The van der Waals surface area contributed by atoms with Crippen LogP contribution >= 0.6 is 0 Å². The number of carbonyl (C=O) groups is 2. The van der Waals surface area contributed by atoms with Crippen LogP contribution in [0.15, 0.2) is 0 Å². The molecule has 0 radical (unpaired) electrons. The average Bonchev–Trinajstić information content (AvgIpc) is 2.78. The molecule has 18 heavy (non-hydrogen) atoms. The van der Waals surface area contributed by atoms with Crippen molar-refractivity contribution in [2.75, 3.05) is 13.7 Å². The summed E-state index contributed by atoms with van der Waals surface area (Å²) >= 11 is 0. The Balaban J connectivity index is 2.75. The zero-order valence-corrected chi connectivity index (χ0v) is 10.9. The normalized spacial score (nSPS) is 10.2. The van der Waals surface area contributed by atoms with Crippen LogP contribution in [0.3, 0.4) is 0 Å². The van der Waals surface area contributed by atoms with E-state index >= 15 is 0 Å². The molecule has 100 valence electrons. The molecule has 1 amide bonds. The Labute approximate surface area is 105 Å². The average molecular weight is 254 g/mol. The monoisotopic (exact) mass is 254 g/mol. The molecule has 1 heterocycles. The Hall–Kier alpha value is -1.92. The molecule has 0 aromatic carbocycles. The number of nitrogens with zero attached hydrogens (tertiary/aromatic N) is 3. The minimum absolute atomic E-state index is 0.0466. The molecule has 0 aliphatic rings. The zero-order chi connectivity index (χ0) is 13.5. The van der Waals surface area contributed by atoms with E-state index in [4.69, 9.17) is 0 Å². The molecular formula is C11H18N4O3. The van der Waals surface area contributed by atoms with Crippen molar-refractivity contribution in [1.29, 1.82) is 0 Å². The van der Waals surface area contributed by atoms with E-state index in [9.17, 15) is 9.59 Å². The molecule has 0 unspecified atom stereocenters. The van der Waals surface area contributed by atoms with Crippen molar-refractivity contribution in [1.82, 2.24) is 20.3 Å². The molecule has 1 aromatic heterocycles. The maximum absolute atomic E-state index is 11.4. The molecule has 0 fully saturated rings. The first kappa shape index (κ1) is 14.1. The maximum atomic E-state index is 11.4. The van der Waals surface area contributed by atoms with Crippen molar-refractivity contribution in [3.8, 4) is 0 Å². The van der Waals surface area contributed by atoms with Gasteiger partial charge >= 0.3 is 5.97 Å². The topological polar surface area (TPSA) is 86.1 Å². The Morgan fingerprint density at radius 2 is 2.11 bits per heavy atom. The molecule has 0 aliphatic heterocycles. The van der Waals surface area contributed by atoms with Crippen LogP contribution in [0.5, 0.6) is 0 Å². The van der Waals surface area contributed by atoms with Crippen LogP contribution < -0.4 is 5.32 Å². The number of methoxy groups -OCH3 is 1. The summed E-state index contributed by atoms with van der Waals surface area (Å²) in [5, 5.41) is 10.4. The summed E-state index contributed by atoms with van der Waals surface area (Å²) in [4.78, 5) is 22.8. The first-order chi connectivity index (χ1) is 8.63. The predicted molar refractivity (Wildman–Crippen MR) is 64.0 cm³/mol. The summed E-state index contributed by atoms with van der Waals surface area (Å²) < 4.78 is 6.19. The number of ether oxygens (including phenoxy) is 1. The number of carbonyl (C=O) groups excluding carboxylic acids is 2. The van der Waals surface area contributed by atoms with Gasteiger partial charge in [0, 0.05) is 13.0 Å². The van der Waals surface area contributed by atoms with Gasteiger partial charge in [-0.2, -0.15) is 0 Å². The molecule has 7 heteroatoms. The molecule has 1 rings (SSSR count). The number of esters is 1. The van der Waals surface area contributed by atoms with E-state index in [2.05, 4.69) is 20.4 Å². The maximum Gasteiger partial charge on any atom is 0.360 e. The lowest BCUT2D eigenvalue weighted by Crippen LogP contribution is -2.24. The molecular weight excluding hydrogens is 236 g/mol. The predicted octanol–water partition coefficient (Wildman–Crippen LogP) is 0.153. The van der Waals surface area contributed by atoms with E-state index in [1.165, 1.54) is 7.11 Å². The molecule has 0 spiro atoms. The van der Waals surface area contributed by atoms with Gasteiger partial charge in [-0.05, 0) is 13.3 Å². The summed E-state index contributed by atoms with van der Waals surface area (Å²) in [6.45, 7) is 4.76. The van der Waals surface area contributed by atoms with Gasteiger partial charge in [0.1, 0.15) is 0 Å². The number of aryl methyl sites for hydroxylation is 1. The number of rotatable bonds is 6. The van der Waals surface area contributed by atoms with E-state index < -0.39 is 5.97 Å². The Bertz CT molecular complexity index is 428. The van der Waals surface area contributed by atoms with Gasteiger partial charge in [-0.1, -0.05) is 12.1 Å². The second kappa shape index (κ2) is 6.73. The number of hydrogen-bond acceptors (Lipinski definition) is 5. The van der Waals surface area contributed by atoms with Crippen LogP contribution in [0.1, 0.15) is 36.5 Å². The quantitative estimate of drug-likeness (QED) is 0.730. The van der Waals surface area contributed by atoms with Gasteiger partial charge in [0.25, 0.3) is 0 Å². The van der Waals surface area contributed by atoms with Gasteiger partial charge in [-0.3, -0.25) is 4.79 Å². The van der Waals surface area contributed by atoms with Crippen molar-refractivity contribution in [2.24, 2.45) is 0 Å². The Morgan fingerprint density at radius 3 is 2.67 bits per heavy atom. The SMILES string of the molecule is CCNC(=O)CCn1nnc(C(=O)OC)c1CC. The fraction of sp³-hybridized carbons (Fsp3) is 0.636. The number of amides is 1. The number of aromatic nitrogens is 3. The Kier molecular flexibility index (Phi) is 5.29. The first-order valence-corrected chi connectivity index (χ1v) is 5.91. The van der Waals surface area contributed by atoms with Crippen molar-refractivity contribution in [3.05, 3.63) is 11.4 Å². The van der Waals surface area contributed by atoms with E-state index in [0.29, 0.717) is 31.6 Å². The lowest BCUT2D eigenvalue weighted by molar-refractivity contribution is -0.121. The van der Waals surface area contributed by atoms with Crippen molar-refractivity contribution < 1.29 is 14.3 Å². The third-order valence-electron chi connectivity index (χ3n) is 2.48. The van der Waals surface area contributed by atoms with E-state index in [1.807, 2.05) is 13.8 Å². The highest BCUT2D eigenvalue weighted by molar-refractivity contribution is 5.88. The number of nitrogens with one attached hydrogen (secondary N) is 1. The summed E-state index contributed by atoms with van der Waals surface area (Å²) in [7, 11) is 1.30. The highest BCUT2D eigenvalue weighted by atomic mass is 16.5. The lowest BCUT2D eigenvalue weighted by Gasteiger charge is -2.05. The largest absolute Gasteiger partial charge is 0.464 e. The highest BCUT2D eigenvalue weighted by Crippen LogP contribution is 2.08. The van der Waals surface area contributed by atoms with E-state index in [0.717, 1.165) is 0 Å². The van der Waals surface area contributed by atoms with Gasteiger partial charge in [0.2, 0.25) is 5.91 Å². The fourth-order valence-electron chi connectivity index (χ4n) is 1.61. The second-order valence-corrected chi connectivity index (χ2v) is 3.66. The van der Waals surface area contributed by atoms with Crippen LogP contribution in [0.2, 0.25) is 0 Å². The summed E-state index contributed by atoms with van der Waals surface area (Å²) in [5.41, 5.74) is 0.905. The number of hydrogen-bond donors (Lipinski definition) is 1. The smallest absolute Gasteiger partial charge is 0.360 e. The molecule has 0 atom stereocenters. The third kappa shape index (κ3) is 3.28. The van der Waals surface area contributed by atoms with Crippen molar-refractivity contribution in [3.63, 3.8) is 0 Å². The van der Waals surface area contributed by atoms with Crippen LogP contribution in [-0.2, 0) is 22.5 Å². The van der Waals surface area contributed by atoms with Gasteiger partial charge in [-0.25, -0.2) is 9.48 Å². The van der Waals surface area contributed by atoms with Crippen LogP contribution in [0.25, 0.3) is 0 Å². The van der Waals surface area contributed by atoms with E-state index in [-0.39, 0.29) is 11.6 Å². The molecule has 1 N–H and O–H groups in total. The highest BCUT2D eigenvalue weighted by Gasteiger charge is 2.18. The first-order valence-electron chi connectivity index (χ1n) is 5.91. The van der Waals surface area contributed by atoms with Crippen molar-refractivity contribution in [2.45, 2.75) is 33.2 Å². The molecule has 0 saturated carbocycles. The zero-order valence-electron chi connectivity index (χ0n) is 10.9.